The van der Waals surface area contributed by atoms with E-state index in [1.807, 2.05) is 24.3 Å². The van der Waals surface area contributed by atoms with Crippen LogP contribution in [0.2, 0.25) is 0 Å². The number of benzene rings is 1. The number of anilines is 1. The molecule has 0 aliphatic rings. The molecule has 65 valence electrons. The molecule has 1 radical (unpaired) electrons. The molecule has 0 atom stereocenters. The van der Waals surface area contributed by atoms with Crippen molar-refractivity contribution in [2.75, 3.05) is 32.5 Å². The molecule has 1 aromatic rings. The van der Waals surface area contributed by atoms with Gasteiger partial charge in [0.15, 0.2) is 0 Å². The molecular weight excluding hydrogens is 148 g/mol. The van der Waals surface area contributed by atoms with E-state index in [2.05, 4.69) is 30.4 Å². The van der Waals surface area contributed by atoms with Crippen molar-refractivity contribution >= 4 is 5.69 Å². The number of nitrogens with one attached hydrogen (secondary N) is 1. The fourth-order valence-electron chi connectivity index (χ4n) is 0.929. The van der Waals surface area contributed by atoms with E-state index in [4.69, 9.17) is 0 Å². The summed E-state index contributed by atoms with van der Waals surface area (Å²) in [5.41, 5.74) is 1.16. The van der Waals surface area contributed by atoms with Gasteiger partial charge in [0.25, 0.3) is 0 Å². The molecule has 0 amide bonds. The van der Waals surface area contributed by atoms with Crippen molar-refractivity contribution in [3.05, 3.63) is 30.3 Å². The van der Waals surface area contributed by atoms with Crippen LogP contribution < -0.4 is 5.32 Å². The Hall–Kier alpha value is -1.02. The highest BCUT2D eigenvalue weighted by Gasteiger charge is 1.90. The highest BCUT2D eigenvalue weighted by atomic mass is 15.1. The van der Waals surface area contributed by atoms with Gasteiger partial charge in [0.2, 0.25) is 0 Å². The minimum absolute atomic E-state index is 0.983. The zero-order chi connectivity index (χ0) is 8.81. The molecule has 0 aromatic heterocycles. The normalized spacial score (nSPS) is 10.2. The monoisotopic (exact) mass is 163 g/mol. The Morgan fingerprint density at radius 3 is 2.58 bits per heavy atom. The highest BCUT2D eigenvalue weighted by Crippen LogP contribution is 2.02. The molecule has 1 N–H and O–H groups in total. The lowest BCUT2D eigenvalue weighted by Gasteiger charge is -2.10. The van der Waals surface area contributed by atoms with Gasteiger partial charge in [-0.15, -0.1) is 0 Å². The van der Waals surface area contributed by atoms with Gasteiger partial charge in [-0.1, -0.05) is 12.1 Å². The second-order valence-electron chi connectivity index (χ2n) is 3.02. The van der Waals surface area contributed by atoms with E-state index >= 15 is 0 Å². The number of hydrogen-bond donors (Lipinski definition) is 1. The Balaban J connectivity index is 2.25. The largest absolute Gasteiger partial charge is 0.384 e. The number of rotatable bonds is 4. The fraction of sp³-hybridized carbons (Fsp3) is 0.400. The standard InChI is InChI=1S/C10H15N2/c1-12(2)9-8-11-10-6-4-3-5-7-10/h4-7,11H,8-9H2,1-2H3. The second-order valence-corrected chi connectivity index (χ2v) is 3.02. The lowest BCUT2D eigenvalue weighted by Crippen LogP contribution is -2.20. The summed E-state index contributed by atoms with van der Waals surface area (Å²) in [7, 11) is 4.14. The van der Waals surface area contributed by atoms with Crippen molar-refractivity contribution in [1.29, 1.82) is 0 Å². The van der Waals surface area contributed by atoms with E-state index < -0.39 is 0 Å². The summed E-state index contributed by atoms with van der Waals surface area (Å²) in [6, 6.07) is 10.9. The van der Waals surface area contributed by atoms with Crippen molar-refractivity contribution in [3.8, 4) is 0 Å². The van der Waals surface area contributed by atoms with E-state index in [1.165, 1.54) is 0 Å². The van der Waals surface area contributed by atoms with Gasteiger partial charge in [0.1, 0.15) is 0 Å². The molecule has 0 bridgehead atoms. The summed E-state index contributed by atoms with van der Waals surface area (Å²) in [5.74, 6) is 0. The van der Waals surface area contributed by atoms with Gasteiger partial charge in [0.05, 0.1) is 0 Å². The maximum Gasteiger partial charge on any atom is 0.0341 e. The van der Waals surface area contributed by atoms with Gasteiger partial charge in [-0.25, -0.2) is 0 Å². The SMILES string of the molecule is CN(C)CCNc1cc[c]cc1. The first-order valence-electron chi connectivity index (χ1n) is 4.14. The van der Waals surface area contributed by atoms with E-state index in [0.29, 0.717) is 0 Å². The first-order valence-corrected chi connectivity index (χ1v) is 4.14. The van der Waals surface area contributed by atoms with Crippen molar-refractivity contribution in [2.45, 2.75) is 0 Å². The van der Waals surface area contributed by atoms with E-state index in [-0.39, 0.29) is 0 Å². The van der Waals surface area contributed by atoms with Crippen LogP contribution in [0.3, 0.4) is 0 Å². The molecule has 0 aliphatic carbocycles. The summed E-state index contributed by atoms with van der Waals surface area (Å²) in [6.45, 7) is 2.04. The topological polar surface area (TPSA) is 15.3 Å². The summed E-state index contributed by atoms with van der Waals surface area (Å²) in [5, 5.41) is 3.31. The third-order valence-electron chi connectivity index (χ3n) is 1.61. The first-order chi connectivity index (χ1) is 5.79. The average molecular weight is 163 g/mol. The summed E-state index contributed by atoms with van der Waals surface area (Å²) in [4.78, 5) is 2.15. The average Bonchev–Trinajstić information content (AvgIpc) is 2.05. The van der Waals surface area contributed by atoms with Gasteiger partial charge in [-0.3, -0.25) is 0 Å². The fourth-order valence-corrected chi connectivity index (χ4v) is 0.929. The minimum atomic E-state index is 0.983. The molecule has 0 aliphatic heterocycles. The van der Waals surface area contributed by atoms with Gasteiger partial charge in [-0.05, 0) is 32.3 Å². The van der Waals surface area contributed by atoms with Crippen LogP contribution in [0.15, 0.2) is 24.3 Å². The molecule has 0 unspecified atom stereocenters. The molecule has 0 fully saturated rings. The van der Waals surface area contributed by atoms with Crippen molar-refractivity contribution in [1.82, 2.24) is 4.90 Å². The highest BCUT2D eigenvalue weighted by molar-refractivity contribution is 5.41. The van der Waals surface area contributed by atoms with E-state index in [0.717, 1.165) is 18.8 Å². The predicted molar refractivity (Wildman–Crippen MR) is 52.3 cm³/mol. The third kappa shape index (κ3) is 3.39. The predicted octanol–water partition coefficient (Wildman–Crippen LogP) is 1.46. The Labute approximate surface area is 74.2 Å². The van der Waals surface area contributed by atoms with Crippen molar-refractivity contribution in [2.24, 2.45) is 0 Å². The number of likely N-dealkylation sites (N-methyl/N-ethyl adjacent to an activating group) is 1. The second kappa shape index (κ2) is 4.78. The van der Waals surface area contributed by atoms with Gasteiger partial charge >= 0.3 is 0 Å². The molecule has 0 saturated carbocycles. The van der Waals surface area contributed by atoms with Crippen LogP contribution >= 0.6 is 0 Å². The lowest BCUT2D eigenvalue weighted by atomic mass is 10.3. The molecule has 2 nitrogen and oxygen atoms in total. The van der Waals surface area contributed by atoms with Crippen LogP contribution in [0.4, 0.5) is 5.69 Å². The summed E-state index contributed by atoms with van der Waals surface area (Å²) >= 11 is 0. The zero-order valence-electron chi connectivity index (χ0n) is 7.67. The molecule has 0 spiro atoms. The Morgan fingerprint density at radius 1 is 1.33 bits per heavy atom. The minimum Gasteiger partial charge on any atom is -0.384 e. The molecule has 1 rings (SSSR count). The summed E-state index contributed by atoms with van der Waals surface area (Å²) < 4.78 is 0. The van der Waals surface area contributed by atoms with Crippen LogP contribution in [0.5, 0.6) is 0 Å². The maximum atomic E-state index is 3.31. The van der Waals surface area contributed by atoms with Crippen LogP contribution in [0.25, 0.3) is 0 Å². The van der Waals surface area contributed by atoms with Crippen molar-refractivity contribution < 1.29 is 0 Å². The van der Waals surface area contributed by atoms with E-state index in [9.17, 15) is 0 Å². The van der Waals surface area contributed by atoms with Gasteiger partial charge in [0, 0.05) is 18.8 Å². The Kier molecular flexibility index (Phi) is 3.61. The number of hydrogen-bond acceptors (Lipinski definition) is 2. The number of nitrogens with zero attached hydrogens (tertiary/aromatic N) is 1. The van der Waals surface area contributed by atoms with Crippen LogP contribution in [0.1, 0.15) is 0 Å². The smallest absolute Gasteiger partial charge is 0.0341 e. The van der Waals surface area contributed by atoms with Gasteiger partial charge < -0.3 is 10.2 Å². The van der Waals surface area contributed by atoms with E-state index in [1.54, 1.807) is 0 Å². The molecule has 12 heavy (non-hydrogen) atoms. The molecule has 2 heteroatoms. The summed E-state index contributed by atoms with van der Waals surface area (Å²) in [6.07, 6.45) is 0. The maximum absolute atomic E-state index is 3.31. The zero-order valence-corrected chi connectivity index (χ0v) is 7.67. The van der Waals surface area contributed by atoms with Crippen LogP contribution in [-0.4, -0.2) is 32.1 Å². The lowest BCUT2D eigenvalue weighted by molar-refractivity contribution is 0.425. The van der Waals surface area contributed by atoms with Crippen molar-refractivity contribution in [3.63, 3.8) is 0 Å². The molecule has 1 aromatic carbocycles. The van der Waals surface area contributed by atoms with Crippen LogP contribution in [0, 0.1) is 6.07 Å². The molecular formula is C10H15N2. The third-order valence-corrected chi connectivity index (χ3v) is 1.61. The quantitative estimate of drug-likeness (QED) is 0.723. The Bertz CT molecular complexity index is 206. The van der Waals surface area contributed by atoms with Gasteiger partial charge in [-0.2, -0.15) is 0 Å². The molecule has 0 saturated heterocycles. The van der Waals surface area contributed by atoms with Crippen LogP contribution in [-0.2, 0) is 0 Å². The Morgan fingerprint density at radius 2 is 2.00 bits per heavy atom. The molecule has 0 heterocycles. The first kappa shape index (κ1) is 9.07.